The Morgan fingerprint density at radius 1 is 1.05 bits per heavy atom. The maximum Gasteiger partial charge on any atom is 0.124 e. The highest BCUT2D eigenvalue weighted by molar-refractivity contribution is 9.10. The smallest absolute Gasteiger partial charge is 0.124 e. The Morgan fingerprint density at radius 3 is 2.47 bits per heavy atom. The van der Waals surface area contributed by atoms with Crippen LogP contribution in [0.25, 0.3) is 0 Å². The Balaban J connectivity index is 2.17. The average Bonchev–Trinajstić information content (AvgIpc) is 2.34. The highest BCUT2D eigenvalue weighted by atomic mass is 79.9. The van der Waals surface area contributed by atoms with Crippen LogP contribution in [0.5, 0.6) is 0 Å². The minimum absolute atomic E-state index is 0.286. The second kappa shape index (κ2) is 6.44. The molecule has 0 aliphatic carbocycles. The van der Waals surface area contributed by atoms with E-state index in [9.17, 15) is 4.39 Å². The Morgan fingerprint density at radius 2 is 1.79 bits per heavy atom. The normalized spacial score (nSPS) is 10.6. The van der Waals surface area contributed by atoms with E-state index in [0.717, 1.165) is 10.0 Å². The summed E-state index contributed by atoms with van der Waals surface area (Å²) in [6.45, 7) is 0.452. The molecular formula is C13H8Br2Cl2FN. The van der Waals surface area contributed by atoms with Gasteiger partial charge in [-0.15, -0.1) is 0 Å². The van der Waals surface area contributed by atoms with Crippen LogP contribution in [-0.4, -0.2) is 0 Å². The summed E-state index contributed by atoms with van der Waals surface area (Å²) in [6, 6.07) is 8.33. The van der Waals surface area contributed by atoms with Crippen LogP contribution in [0.15, 0.2) is 39.3 Å². The van der Waals surface area contributed by atoms with E-state index in [4.69, 9.17) is 23.2 Å². The number of benzene rings is 2. The van der Waals surface area contributed by atoms with Crippen molar-refractivity contribution in [1.29, 1.82) is 0 Å². The van der Waals surface area contributed by atoms with E-state index >= 15 is 0 Å². The van der Waals surface area contributed by atoms with Crippen LogP contribution in [-0.2, 0) is 6.54 Å². The molecule has 1 nitrogen and oxygen atoms in total. The first kappa shape index (κ1) is 15.1. The number of anilines is 1. The number of halogens is 5. The molecule has 0 saturated heterocycles. The van der Waals surface area contributed by atoms with Gasteiger partial charge in [0.05, 0.1) is 15.7 Å². The minimum atomic E-state index is -0.286. The predicted molar refractivity (Wildman–Crippen MR) is 85.6 cm³/mol. The zero-order valence-electron chi connectivity index (χ0n) is 9.48. The molecule has 0 aliphatic rings. The first-order valence-electron chi connectivity index (χ1n) is 5.29. The first-order valence-corrected chi connectivity index (χ1v) is 7.64. The molecule has 0 fully saturated rings. The lowest BCUT2D eigenvalue weighted by molar-refractivity contribution is 0.625. The number of nitrogens with one attached hydrogen (secondary N) is 1. The molecule has 0 aromatic heterocycles. The van der Waals surface area contributed by atoms with Crippen LogP contribution in [0.3, 0.4) is 0 Å². The van der Waals surface area contributed by atoms with Gasteiger partial charge in [0, 0.05) is 15.5 Å². The Kier molecular flexibility index (Phi) is 5.12. The largest absolute Gasteiger partial charge is 0.380 e. The van der Waals surface area contributed by atoms with E-state index in [1.807, 2.05) is 12.1 Å². The second-order valence-corrected chi connectivity index (χ2v) is 6.38. The monoisotopic (exact) mass is 425 g/mol. The fourth-order valence-electron chi connectivity index (χ4n) is 1.57. The fourth-order valence-corrected chi connectivity index (χ4v) is 2.93. The highest BCUT2D eigenvalue weighted by Crippen LogP contribution is 2.36. The summed E-state index contributed by atoms with van der Waals surface area (Å²) in [4.78, 5) is 0. The van der Waals surface area contributed by atoms with Gasteiger partial charge in [-0.25, -0.2) is 4.39 Å². The Hall–Kier alpha value is -0.290. The van der Waals surface area contributed by atoms with E-state index < -0.39 is 0 Å². The summed E-state index contributed by atoms with van der Waals surface area (Å²) in [6.07, 6.45) is 0. The summed E-state index contributed by atoms with van der Waals surface area (Å²) < 4.78 is 14.7. The molecule has 6 heteroatoms. The van der Waals surface area contributed by atoms with E-state index in [0.29, 0.717) is 26.8 Å². The van der Waals surface area contributed by atoms with Gasteiger partial charge in [-0.1, -0.05) is 39.1 Å². The quantitative estimate of drug-likeness (QED) is 0.569. The van der Waals surface area contributed by atoms with Crippen LogP contribution in [0, 0.1) is 5.82 Å². The summed E-state index contributed by atoms with van der Waals surface area (Å²) in [5, 5.41) is 4.01. The van der Waals surface area contributed by atoms with E-state index in [1.54, 1.807) is 6.07 Å². The molecular weight excluding hydrogens is 420 g/mol. The number of rotatable bonds is 3. The molecule has 0 amide bonds. The summed E-state index contributed by atoms with van der Waals surface area (Å²) >= 11 is 18.7. The van der Waals surface area contributed by atoms with Crippen LogP contribution >= 0.6 is 55.1 Å². The number of hydrogen-bond acceptors (Lipinski definition) is 1. The van der Waals surface area contributed by atoms with Gasteiger partial charge in [-0.2, -0.15) is 0 Å². The van der Waals surface area contributed by atoms with Crippen LogP contribution < -0.4 is 5.32 Å². The van der Waals surface area contributed by atoms with Crippen molar-refractivity contribution in [2.45, 2.75) is 6.54 Å². The predicted octanol–water partition coefficient (Wildman–Crippen LogP) is 6.27. The van der Waals surface area contributed by atoms with Crippen LogP contribution in [0.1, 0.15) is 5.56 Å². The molecule has 19 heavy (non-hydrogen) atoms. The topological polar surface area (TPSA) is 12.0 Å². The second-order valence-electron chi connectivity index (χ2n) is 3.85. The Bertz CT molecular complexity index is 600. The third-order valence-corrected chi connectivity index (χ3v) is 4.67. The molecule has 0 saturated carbocycles. The molecule has 0 radical (unpaired) electrons. The molecule has 0 spiro atoms. The third-order valence-electron chi connectivity index (χ3n) is 2.44. The first-order chi connectivity index (χ1) is 8.97. The summed E-state index contributed by atoms with van der Waals surface area (Å²) in [5.74, 6) is -0.286. The highest BCUT2D eigenvalue weighted by Gasteiger charge is 2.08. The lowest BCUT2D eigenvalue weighted by Gasteiger charge is -2.11. The molecule has 0 unspecified atom stereocenters. The van der Waals surface area contributed by atoms with Crippen molar-refractivity contribution >= 4 is 60.7 Å². The third kappa shape index (κ3) is 3.85. The molecule has 2 rings (SSSR count). The van der Waals surface area contributed by atoms with Crippen molar-refractivity contribution in [3.8, 4) is 0 Å². The van der Waals surface area contributed by atoms with E-state index in [1.165, 1.54) is 12.1 Å². The van der Waals surface area contributed by atoms with Crippen molar-refractivity contribution in [3.05, 3.63) is 60.7 Å². The molecule has 0 bridgehead atoms. The van der Waals surface area contributed by atoms with Crippen molar-refractivity contribution in [1.82, 2.24) is 0 Å². The summed E-state index contributed by atoms with van der Waals surface area (Å²) in [5.41, 5.74) is 1.51. The van der Waals surface area contributed by atoms with Gasteiger partial charge in [0.1, 0.15) is 5.82 Å². The molecule has 2 aromatic rings. The zero-order chi connectivity index (χ0) is 14.0. The number of hydrogen-bond donors (Lipinski definition) is 1. The summed E-state index contributed by atoms with van der Waals surface area (Å²) in [7, 11) is 0. The standard InChI is InChI=1S/C13H8Br2Cl2FN/c14-8-3-7(4-9(18)5-8)6-19-11-2-1-10(15)12(16)13(11)17/h1-5,19H,6H2. The van der Waals surface area contributed by atoms with E-state index in [2.05, 4.69) is 37.2 Å². The average molecular weight is 428 g/mol. The maximum absolute atomic E-state index is 13.2. The minimum Gasteiger partial charge on any atom is -0.380 e. The van der Waals surface area contributed by atoms with Crippen LogP contribution in [0.2, 0.25) is 10.0 Å². The van der Waals surface area contributed by atoms with Crippen LogP contribution in [0.4, 0.5) is 10.1 Å². The van der Waals surface area contributed by atoms with Crippen molar-refractivity contribution in [3.63, 3.8) is 0 Å². The SMILES string of the molecule is Fc1cc(Br)cc(CNc2ccc(Br)c(Cl)c2Cl)c1. The molecule has 0 atom stereocenters. The molecule has 1 N–H and O–H groups in total. The zero-order valence-corrected chi connectivity index (χ0v) is 14.2. The van der Waals surface area contributed by atoms with Crippen molar-refractivity contribution in [2.24, 2.45) is 0 Å². The van der Waals surface area contributed by atoms with Gasteiger partial charge in [-0.05, 0) is 51.8 Å². The van der Waals surface area contributed by atoms with Gasteiger partial charge in [0.15, 0.2) is 0 Å². The molecule has 0 heterocycles. The fraction of sp³-hybridized carbons (Fsp3) is 0.0769. The van der Waals surface area contributed by atoms with Crippen molar-refractivity contribution < 1.29 is 4.39 Å². The van der Waals surface area contributed by atoms with Gasteiger partial charge in [-0.3, -0.25) is 0 Å². The lowest BCUT2D eigenvalue weighted by atomic mass is 10.2. The van der Waals surface area contributed by atoms with Gasteiger partial charge in [0.25, 0.3) is 0 Å². The van der Waals surface area contributed by atoms with Gasteiger partial charge < -0.3 is 5.32 Å². The lowest BCUT2D eigenvalue weighted by Crippen LogP contribution is -2.00. The molecule has 100 valence electrons. The van der Waals surface area contributed by atoms with Crippen molar-refractivity contribution in [2.75, 3.05) is 5.32 Å². The Labute approximate surface area is 137 Å². The van der Waals surface area contributed by atoms with Gasteiger partial charge >= 0.3 is 0 Å². The maximum atomic E-state index is 13.2. The van der Waals surface area contributed by atoms with E-state index in [-0.39, 0.29) is 5.82 Å². The molecule has 0 aliphatic heterocycles. The van der Waals surface area contributed by atoms with Gasteiger partial charge in [0.2, 0.25) is 0 Å². The molecule has 2 aromatic carbocycles.